The molecule has 0 atom stereocenters. The van der Waals surface area contributed by atoms with Gasteiger partial charge in [0.25, 0.3) is 0 Å². The van der Waals surface area contributed by atoms with Gasteiger partial charge in [-0.1, -0.05) is 18.1 Å². The number of fused-ring (bicyclic) bond motifs is 1. The van der Waals surface area contributed by atoms with Crippen molar-refractivity contribution in [3.63, 3.8) is 0 Å². The third-order valence-electron chi connectivity index (χ3n) is 2.30. The van der Waals surface area contributed by atoms with Crippen LogP contribution in [0.5, 0.6) is 0 Å². The predicted octanol–water partition coefficient (Wildman–Crippen LogP) is 2.02. The van der Waals surface area contributed by atoms with Gasteiger partial charge in [0.15, 0.2) is 5.58 Å². The smallest absolute Gasteiger partial charge is 0.307 e. The molecule has 0 bridgehead atoms. The summed E-state index contributed by atoms with van der Waals surface area (Å²) in [6.07, 6.45) is 0.813. The minimum Gasteiger partial charge on any atom is -0.481 e. The fourth-order valence-corrected chi connectivity index (χ4v) is 1.58. The minimum absolute atomic E-state index is 0.0320. The molecule has 4 nitrogen and oxygen atoms in total. The maximum Gasteiger partial charge on any atom is 0.307 e. The molecule has 0 saturated carbocycles. The van der Waals surface area contributed by atoms with Crippen LogP contribution in [0.25, 0.3) is 11.0 Å². The largest absolute Gasteiger partial charge is 0.481 e. The first-order valence-corrected chi connectivity index (χ1v) is 4.79. The summed E-state index contributed by atoms with van der Waals surface area (Å²) in [6, 6.07) is 5.35. The summed E-state index contributed by atoms with van der Waals surface area (Å²) >= 11 is 0. The van der Waals surface area contributed by atoms with Crippen molar-refractivity contribution in [2.45, 2.75) is 19.8 Å². The van der Waals surface area contributed by atoms with Gasteiger partial charge in [-0.05, 0) is 24.1 Å². The molecule has 1 N–H and O–H groups in total. The third-order valence-corrected chi connectivity index (χ3v) is 2.30. The van der Waals surface area contributed by atoms with Crippen LogP contribution in [0.3, 0.4) is 0 Å². The van der Waals surface area contributed by atoms with Gasteiger partial charge in [0.2, 0.25) is 0 Å². The normalized spacial score (nSPS) is 10.7. The number of carboxylic acids is 1. The summed E-state index contributed by atoms with van der Waals surface area (Å²) in [5.74, 6) is -0.830. The van der Waals surface area contributed by atoms with Crippen molar-refractivity contribution in [1.82, 2.24) is 5.16 Å². The lowest BCUT2D eigenvalue weighted by atomic mass is 10.1. The Balaban J connectivity index is 2.47. The van der Waals surface area contributed by atoms with E-state index in [0.717, 1.165) is 23.1 Å². The number of aliphatic carboxylic acids is 1. The Hall–Kier alpha value is -1.84. The molecule has 0 spiro atoms. The Kier molecular flexibility index (Phi) is 2.41. The predicted molar refractivity (Wildman–Crippen MR) is 54.7 cm³/mol. The van der Waals surface area contributed by atoms with Crippen molar-refractivity contribution in [2.24, 2.45) is 0 Å². The lowest BCUT2D eigenvalue weighted by Crippen LogP contribution is -1.99. The number of rotatable bonds is 3. The highest BCUT2D eigenvalue weighted by Crippen LogP contribution is 2.20. The molecular formula is C11H11NO3. The van der Waals surface area contributed by atoms with Crippen LogP contribution in [0.2, 0.25) is 0 Å². The lowest BCUT2D eigenvalue weighted by molar-refractivity contribution is -0.136. The molecule has 1 aromatic carbocycles. The van der Waals surface area contributed by atoms with Crippen molar-refractivity contribution >= 4 is 16.9 Å². The van der Waals surface area contributed by atoms with E-state index in [2.05, 4.69) is 5.16 Å². The summed E-state index contributed by atoms with van der Waals surface area (Å²) < 4.78 is 5.10. The number of nitrogens with zero attached hydrogens (tertiary/aromatic N) is 1. The van der Waals surface area contributed by atoms with Crippen LogP contribution in [0, 0.1) is 0 Å². The lowest BCUT2D eigenvalue weighted by Gasteiger charge is -1.96. The molecule has 1 aromatic heterocycles. The molecule has 4 heteroatoms. The molecule has 15 heavy (non-hydrogen) atoms. The summed E-state index contributed by atoms with van der Waals surface area (Å²) in [4.78, 5) is 10.6. The van der Waals surface area contributed by atoms with Crippen LogP contribution in [0.1, 0.15) is 18.2 Å². The van der Waals surface area contributed by atoms with Crippen LogP contribution in [0.15, 0.2) is 22.7 Å². The van der Waals surface area contributed by atoms with Gasteiger partial charge in [-0.2, -0.15) is 0 Å². The monoisotopic (exact) mass is 205 g/mol. The Bertz CT molecular complexity index is 502. The fraction of sp³-hybridized carbons (Fsp3) is 0.273. The Morgan fingerprint density at radius 2 is 2.33 bits per heavy atom. The molecule has 0 aliphatic heterocycles. The van der Waals surface area contributed by atoms with E-state index in [1.54, 1.807) is 12.1 Å². The highest BCUT2D eigenvalue weighted by Gasteiger charge is 2.08. The minimum atomic E-state index is -0.830. The first kappa shape index (κ1) is 9.71. The average molecular weight is 205 g/mol. The van der Waals surface area contributed by atoms with Gasteiger partial charge in [-0.3, -0.25) is 4.79 Å². The summed E-state index contributed by atoms with van der Waals surface area (Å²) in [6.45, 7) is 1.99. The molecule has 2 rings (SSSR count). The molecule has 78 valence electrons. The molecule has 0 aliphatic carbocycles. The van der Waals surface area contributed by atoms with E-state index in [1.165, 1.54) is 0 Å². The second-order valence-electron chi connectivity index (χ2n) is 3.38. The number of carbonyl (C=O) groups is 1. The highest BCUT2D eigenvalue weighted by atomic mass is 16.5. The van der Waals surface area contributed by atoms with Crippen LogP contribution in [-0.2, 0) is 17.6 Å². The molecule has 1 heterocycles. The van der Waals surface area contributed by atoms with E-state index in [1.807, 2.05) is 13.0 Å². The quantitative estimate of drug-likeness (QED) is 0.832. The van der Waals surface area contributed by atoms with Gasteiger partial charge in [-0.25, -0.2) is 0 Å². The van der Waals surface area contributed by atoms with E-state index in [0.29, 0.717) is 5.58 Å². The van der Waals surface area contributed by atoms with E-state index in [9.17, 15) is 4.79 Å². The standard InChI is InChI=1S/C11H11NO3/c1-2-9-8-5-7(6-11(13)14)3-4-10(8)15-12-9/h3-5H,2,6H2,1H3,(H,13,14). The SMILES string of the molecule is CCc1noc2ccc(CC(=O)O)cc12. The summed E-state index contributed by atoms with van der Waals surface area (Å²) in [5, 5.41) is 13.5. The van der Waals surface area contributed by atoms with Crippen LogP contribution >= 0.6 is 0 Å². The van der Waals surface area contributed by atoms with E-state index >= 15 is 0 Å². The first-order valence-electron chi connectivity index (χ1n) is 4.79. The maximum atomic E-state index is 10.6. The summed E-state index contributed by atoms with van der Waals surface area (Å²) in [5.41, 5.74) is 2.35. The first-order chi connectivity index (χ1) is 7.20. The van der Waals surface area contributed by atoms with Crippen molar-refractivity contribution in [2.75, 3.05) is 0 Å². The molecule has 0 unspecified atom stereocenters. The number of aryl methyl sites for hydroxylation is 1. The van der Waals surface area contributed by atoms with Gasteiger partial charge in [-0.15, -0.1) is 0 Å². The van der Waals surface area contributed by atoms with Gasteiger partial charge in [0, 0.05) is 5.39 Å². The number of carboxylic acid groups (broad SMARTS) is 1. The Morgan fingerprint density at radius 1 is 1.53 bits per heavy atom. The highest BCUT2D eigenvalue weighted by molar-refractivity contribution is 5.81. The van der Waals surface area contributed by atoms with Crippen LogP contribution < -0.4 is 0 Å². The van der Waals surface area contributed by atoms with Crippen molar-refractivity contribution < 1.29 is 14.4 Å². The molecule has 0 radical (unpaired) electrons. The number of benzene rings is 1. The van der Waals surface area contributed by atoms with Gasteiger partial charge in [0.05, 0.1) is 12.1 Å². The van der Waals surface area contributed by atoms with Crippen LogP contribution in [-0.4, -0.2) is 16.2 Å². The molecule has 0 amide bonds. The Labute approximate surface area is 86.5 Å². The van der Waals surface area contributed by atoms with E-state index in [-0.39, 0.29) is 6.42 Å². The van der Waals surface area contributed by atoms with Gasteiger partial charge in [0.1, 0.15) is 0 Å². The third kappa shape index (κ3) is 1.83. The molecule has 0 aliphatic rings. The van der Waals surface area contributed by atoms with E-state index in [4.69, 9.17) is 9.63 Å². The number of aromatic nitrogens is 1. The van der Waals surface area contributed by atoms with Gasteiger partial charge >= 0.3 is 5.97 Å². The second-order valence-corrected chi connectivity index (χ2v) is 3.38. The second kappa shape index (κ2) is 3.73. The summed E-state index contributed by atoms with van der Waals surface area (Å²) in [7, 11) is 0. The maximum absolute atomic E-state index is 10.6. The van der Waals surface area contributed by atoms with Crippen molar-refractivity contribution in [3.8, 4) is 0 Å². The average Bonchev–Trinajstić information content (AvgIpc) is 2.59. The molecule has 0 saturated heterocycles. The molecule has 0 fully saturated rings. The zero-order valence-electron chi connectivity index (χ0n) is 8.36. The van der Waals surface area contributed by atoms with E-state index < -0.39 is 5.97 Å². The number of hydrogen-bond acceptors (Lipinski definition) is 3. The van der Waals surface area contributed by atoms with Crippen molar-refractivity contribution in [1.29, 1.82) is 0 Å². The topological polar surface area (TPSA) is 63.3 Å². The zero-order valence-corrected chi connectivity index (χ0v) is 8.36. The molecule has 2 aromatic rings. The zero-order chi connectivity index (χ0) is 10.8. The Morgan fingerprint density at radius 3 is 3.00 bits per heavy atom. The van der Waals surface area contributed by atoms with Crippen LogP contribution in [0.4, 0.5) is 0 Å². The van der Waals surface area contributed by atoms with Crippen molar-refractivity contribution in [3.05, 3.63) is 29.5 Å². The fourth-order valence-electron chi connectivity index (χ4n) is 1.58. The number of hydrogen-bond donors (Lipinski definition) is 1. The molecular weight excluding hydrogens is 194 g/mol. The van der Waals surface area contributed by atoms with Gasteiger partial charge < -0.3 is 9.63 Å².